The van der Waals surface area contributed by atoms with Gasteiger partial charge < -0.3 is 0 Å². The molecule has 4 heterocycles. The summed E-state index contributed by atoms with van der Waals surface area (Å²) in [5, 5.41) is 11.1. The lowest BCUT2D eigenvalue weighted by molar-refractivity contribution is 0.700. The molecule has 4 aromatic rings. The molecule has 0 saturated heterocycles. The van der Waals surface area contributed by atoms with Crippen LogP contribution in [0, 0.1) is 6.92 Å². The van der Waals surface area contributed by atoms with Crippen molar-refractivity contribution in [2.24, 2.45) is 0 Å². The minimum atomic E-state index is 0.827. The van der Waals surface area contributed by atoms with Crippen LogP contribution in [-0.4, -0.2) is 24.6 Å². The first-order chi connectivity index (χ1) is 12.3. The topological polar surface area (TPSA) is 56.0 Å². The molecule has 0 aliphatic heterocycles. The highest BCUT2D eigenvalue weighted by Crippen LogP contribution is 2.38. The minimum Gasteiger partial charge on any atom is -0.264 e. The Morgan fingerprint density at radius 1 is 1.24 bits per heavy atom. The van der Waals surface area contributed by atoms with Gasteiger partial charge in [-0.3, -0.25) is 9.38 Å². The van der Waals surface area contributed by atoms with Gasteiger partial charge in [0.2, 0.25) is 0 Å². The molecular weight excluding hydrogens is 350 g/mol. The van der Waals surface area contributed by atoms with Crippen LogP contribution in [0.3, 0.4) is 0 Å². The zero-order valence-corrected chi connectivity index (χ0v) is 15.5. The summed E-state index contributed by atoms with van der Waals surface area (Å²) in [4.78, 5) is 11.7. The van der Waals surface area contributed by atoms with E-state index in [2.05, 4.69) is 25.6 Å². The zero-order valence-electron chi connectivity index (χ0n) is 13.9. The monoisotopic (exact) mass is 367 g/mol. The van der Waals surface area contributed by atoms with Crippen LogP contribution in [-0.2, 0) is 18.6 Å². The number of aromatic nitrogens is 5. The number of hydrogen-bond acceptors (Lipinski definition) is 6. The molecule has 0 radical (unpaired) electrons. The molecule has 0 saturated carbocycles. The van der Waals surface area contributed by atoms with E-state index in [4.69, 9.17) is 4.98 Å². The third-order valence-electron chi connectivity index (χ3n) is 4.69. The number of aryl methyl sites for hydroxylation is 3. The molecule has 0 unspecified atom stereocenters. The molecule has 7 heteroatoms. The lowest BCUT2D eigenvalue weighted by atomic mass is 9.97. The van der Waals surface area contributed by atoms with Crippen molar-refractivity contribution in [1.29, 1.82) is 0 Å². The Morgan fingerprint density at radius 2 is 2.16 bits per heavy atom. The molecule has 0 aromatic carbocycles. The molecule has 0 atom stereocenters. The summed E-state index contributed by atoms with van der Waals surface area (Å²) in [5.74, 6) is 1.79. The third kappa shape index (κ3) is 2.53. The van der Waals surface area contributed by atoms with Crippen LogP contribution in [0.1, 0.15) is 34.7 Å². The van der Waals surface area contributed by atoms with Gasteiger partial charge in [-0.15, -0.1) is 21.5 Å². The fraction of sp³-hybridized carbons (Fsp3) is 0.333. The first kappa shape index (κ1) is 15.3. The fourth-order valence-electron chi connectivity index (χ4n) is 3.51. The van der Waals surface area contributed by atoms with Gasteiger partial charge in [-0.05, 0) is 49.8 Å². The van der Waals surface area contributed by atoms with E-state index in [1.165, 1.54) is 40.7 Å². The second-order valence-corrected chi connectivity index (χ2v) is 8.37. The normalized spacial score (nSPS) is 14.3. The van der Waals surface area contributed by atoms with Crippen molar-refractivity contribution in [3.05, 3.63) is 46.4 Å². The number of hydrogen-bond donors (Lipinski definition) is 0. The van der Waals surface area contributed by atoms with Crippen molar-refractivity contribution in [3.63, 3.8) is 0 Å². The van der Waals surface area contributed by atoms with E-state index < -0.39 is 0 Å². The second-order valence-electron chi connectivity index (χ2n) is 6.34. The summed E-state index contributed by atoms with van der Waals surface area (Å²) in [6, 6.07) is 4.05. The summed E-state index contributed by atoms with van der Waals surface area (Å²) in [6.07, 6.45) is 8.56. The Morgan fingerprint density at radius 3 is 3.04 bits per heavy atom. The molecule has 0 spiro atoms. The van der Waals surface area contributed by atoms with Crippen LogP contribution in [0.15, 0.2) is 29.7 Å². The van der Waals surface area contributed by atoms with Gasteiger partial charge in [-0.2, -0.15) is 0 Å². The van der Waals surface area contributed by atoms with Crippen molar-refractivity contribution in [1.82, 2.24) is 24.6 Å². The van der Waals surface area contributed by atoms with Crippen molar-refractivity contribution >= 4 is 39.0 Å². The molecule has 25 heavy (non-hydrogen) atoms. The summed E-state index contributed by atoms with van der Waals surface area (Å²) in [7, 11) is 0. The van der Waals surface area contributed by atoms with Crippen molar-refractivity contribution in [3.8, 4) is 0 Å². The maximum absolute atomic E-state index is 4.87. The Balaban J connectivity index is 1.62. The Labute approximate surface area is 153 Å². The van der Waals surface area contributed by atoms with Crippen molar-refractivity contribution in [2.75, 3.05) is 0 Å². The van der Waals surface area contributed by atoms with Crippen LogP contribution in [0.4, 0.5) is 0 Å². The highest BCUT2D eigenvalue weighted by Gasteiger charge is 2.22. The average molecular weight is 368 g/mol. The third-order valence-corrected chi connectivity index (χ3v) is 6.87. The predicted octanol–water partition coefficient (Wildman–Crippen LogP) is 4.21. The second kappa shape index (κ2) is 6.07. The van der Waals surface area contributed by atoms with Gasteiger partial charge in [0.1, 0.15) is 10.7 Å². The van der Waals surface area contributed by atoms with Crippen LogP contribution in [0.25, 0.3) is 15.9 Å². The molecule has 5 rings (SSSR count). The smallest absolute Gasteiger partial charge is 0.197 e. The van der Waals surface area contributed by atoms with Crippen molar-refractivity contribution < 1.29 is 0 Å². The molecule has 0 amide bonds. The SMILES string of the molecule is Cc1nc2sc3c(c2c2nnc(SCc4cccnc4)n12)CCCC3. The zero-order chi connectivity index (χ0) is 16.8. The van der Waals surface area contributed by atoms with Gasteiger partial charge >= 0.3 is 0 Å². The van der Waals surface area contributed by atoms with E-state index in [0.717, 1.165) is 33.6 Å². The van der Waals surface area contributed by atoms with E-state index in [1.54, 1.807) is 18.0 Å². The van der Waals surface area contributed by atoms with Crippen LogP contribution >= 0.6 is 23.1 Å². The van der Waals surface area contributed by atoms with Crippen LogP contribution < -0.4 is 0 Å². The van der Waals surface area contributed by atoms with E-state index in [9.17, 15) is 0 Å². The van der Waals surface area contributed by atoms with Crippen LogP contribution in [0.5, 0.6) is 0 Å². The lowest BCUT2D eigenvalue weighted by Crippen LogP contribution is -2.01. The summed E-state index contributed by atoms with van der Waals surface area (Å²) in [5.41, 5.74) is 3.61. The molecule has 126 valence electrons. The summed E-state index contributed by atoms with van der Waals surface area (Å²) < 4.78 is 2.12. The number of rotatable bonds is 3. The number of nitrogens with zero attached hydrogens (tertiary/aromatic N) is 5. The lowest BCUT2D eigenvalue weighted by Gasteiger charge is -2.10. The van der Waals surface area contributed by atoms with Crippen molar-refractivity contribution in [2.45, 2.75) is 43.5 Å². The number of thioether (sulfide) groups is 1. The van der Waals surface area contributed by atoms with E-state index >= 15 is 0 Å². The molecule has 5 nitrogen and oxygen atoms in total. The average Bonchev–Trinajstić information content (AvgIpc) is 3.22. The minimum absolute atomic E-state index is 0.827. The van der Waals surface area contributed by atoms with Gasteiger partial charge in [0, 0.05) is 23.0 Å². The molecule has 0 fully saturated rings. The van der Waals surface area contributed by atoms with Gasteiger partial charge in [0.15, 0.2) is 10.8 Å². The molecular formula is C18H17N5S2. The highest BCUT2D eigenvalue weighted by atomic mass is 32.2. The Hall–Kier alpha value is -1.99. The van der Waals surface area contributed by atoms with E-state index in [1.807, 2.05) is 30.5 Å². The molecule has 1 aliphatic rings. The highest BCUT2D eigenvalue weighted by molar-refractivity contribution is 7.98. The molecule has 0 bridgehead atoms. The van der Waals surface area contributed by atoms with E-state index in [0.29, 0.717) is 0 Å². The standard InChI is InChI=1S/C18H17N5S2/c1-11-20-17-15(13-6-2-3-7-14(13)25-17)16-21-22-18(23(11)16)24-10-12-5-4-8-19-9-12/h4-5,8-9H,2-3,6-7,10H2,1H3. The summed E-state index contributed by atoms with van der Waals surface area (Å²) >= 11 is 3.53. The fourth-order valence-corrected chi connectivity index (χ4v) is 5.72. The molecule has 4 aromatic heterocycles. The largest absolute Gasteiger partial charge is 0.264 e. The maximum atomic E-state index is 4.87. The molecule has 0 N–H and O–H groups in total. The Bertz CT molecular complexity index is 1070. The number of thiophene rings is 1. The quantitative estimate of drug-likeness (QED) is 0.508. The number of fused-ring (bicyclic) bond motifs is 5. The predicted molar refractivity (Wildman–Crippen MR) is 101 cm³/mol. The maximum Gasteiger partial charge on any atom is 0.197 e. The summed E-state index contributed by atoms with van der Waals surface area (Å²) in [6.45, 7) is 2.04. The van der Waals surface area contributed by atoms with Crippen LogP contribution in [0.2, 0.25) is 0 Å². The Kier molecular flexibility index (Phi) is 3.71. The molecule has 1 aliphatic carbocycles. The van der Waals surface area contributed by atoms with Gasteiger partial charge in [-0.25, -0.2) is 4.98 Å². The van der Waals surface area contributed by atoms with Gasteiger partial charge in [0.05, 0.1) is 5.39 Å². The first-order valence-corrected chi connectivity index (χ1v) is 10.3. The van der Waals surface area contributed by atoms with Gasteiger partial charge in [-0.1, -0.05) is 17.8 Å². The number of pyridine rings is 1. The first-order valence-electron chi connectivity index (χ1n) is 8.49. The van der Waals surface area contributed by atoms with Gasteiger partial charge in [0.25, 0.3) is 0 Å². The van der Waals surface area contributed by atoms with E-state index in [-0.39, 0.29) is 0 Å².